The van der Waals surface area contributed by atoms with Gasteiger partial charge in [-0.05, 0) is 25.0 Å². The van der Waals surface area contributed by atoms with Gasteiger partial charge < -0.3 is 14.7 Å². The van der Waals surface area contributed by atoms with E-state index >= 15 is 0 Å². The fourth-order valence-electron chi connectivity index (χ4n) is 4.83. The molecule has 6 rings (SSSR count). The van der Waals surface area contributed by atoms with Crippen LogP contribution in [0.3, 0.4) is 0 Å². The van der Waals surface area contributed by atoms with Gasteiger partial charge in [0.1, 0.15) is 5.54 Å². The molecule has 2 aliphatic heterocycles. The molecule has 2 amide bonds. The van der Waals surface area contributed by atoms with E-state index < -0.39 is 27.0 Å². The zero-order valence-electron chi connectivity index (χ0n) is 19.5. The van der Waals surface area contributed by atoms with E-state index in [1.807, 2.05) is 11.0 Å². The highest BCUT2D eigenvalue weighted by molar-refractivity contribution is 7.89. The highest BCUT2D eigenvalue weighted by Gasteiger charge is 2.47. The number of carbonyl (C=O) groups excluding carboxylic acids is 1. The molecule has 0 unspecified atom stereocenters. The predicted molar refractivity (Wildman–Crippen MR) is 128 cm³/mol. The molecule has 12 nitrogen and oxygen atoms in total. The summed E-state index contributed by atoms with van der Waals surface area (Å²) in [5.41, 5.74) is -0.204. The summed E-state index contributed by atoms with van der Waals surface area (Å²) in [5.74, 6) is 0. The van der Waals surface area contributed by atoms with E-state index in [1.54, 1.807) is 16.8 Å². The third-order valence-electron chi connectivity index (χ3n) is 6.92. The second kappa shape index (κ2) is 8.30. The molecule has 1 saturated carbocycles. The van der Waals surface area contributed by atoms with Gasteiger partial charge in [-0.2, -0.15) is 15.1 Å². The number of aromatic nitrogens is 4. The van der Waals surface area contributed by atoms with Crippen molar-refractivity contribution in [3.05, 3.63) is 23.3 Å². The SMILES string of the molecule is CN1C[C@H]2CN(c3cc(S(=O)(=O)NC4(C#N)CC4)cc4c3cnn4-c3nnc(C(F)F)s3)CCN2C1=O. The molecule has 194 valence electrons. The van der Waals surface area contributed by atoms with Crippen LogP contribution in [0.15, 0.2) is 23.2 Å². The number of carbonyl (C=O) groups is 1. The van der Waals surface area contributed by atoms with E-state index in [-0.39, 0.29) is 22.1 Å². The minimum absolute atomic E-state index is 0.0412. The zero-order valence-corrected chi connectivity index (χ0v) is 21.1. The van der Waals surface area contributed by atoms with Gasteiger partial charge in [0.25, 0.3) is 6.43 Å². The Morgan fingerprint density at radius 3 is 2.70 bits per heavy atom. The Balaban J connectivity index is 1.46. The van der Waals surface area contributed by atoms with Gasteiger partial charge >= 0.3 is 6.03 Å². The van der Waals surface area contributed by atoms with Crippen molar-refractivity contribution >= 4 is 44.0 Å². The van der Waals surface area contributed by atoms with Crippen molar-refractivity contribution in [2.24, 2.45) is 0 Å². The lowest BCUT2D eigenvalue weighted by molar-refractivity contribution is 0.150. The molecule has 2 saturated heterocycles. The van der Waals surface area contributed by atoms with Crippen molar-refractivity contribution in [1.29, 1.82) is 5.26 Å². The standard InChI is InChI=1S/C21H21F2N9O3S2/c1-29-9-12-10-30(4-5-31(12)20(29)33)15-6-13(37(34,35)28-21(11-24)2-3-21)7-16-14(15)8-25-32(16)19-27-26-18(36-19)17(22)23/h6-8,12,17,28H,2-5,9-10H2,1H3/t12-/m0/s1. The average Bonchev–Trinajstić information content (AvgIpc) is 3.19. The molecule has 0 spiro atoms. The number of sulfonamides is 1. The van der Waals surface area contributed by atoms with E-state index in [2.05, 4.69) is 20.0 Å². The first-order chi connectivity index (χ1) is 17.6. The zero-order chi connectivity index (χ0) is 26.1. The maximum Gasteiger partial charge on any atom is 0.320 e. The predicted octanol–water partition coefficient (Wildman–Crippen LogP) is 1.71. The van der Waals surface area contributed by atoms with Gasteiger partial charge in [-0.25, -0.2) is 26.7 Å². The molecular weight excluding hydrogens is 528 g/mol. The molecule has 1 atom stereocenters. The number of hydrogen-bond acceptors (Lipinski definition) is 9. The summed E-state index contributed by atoms with van der Waals surface area (Å²) in [6.07, 6.45) is -0.425. The Hall–Kier alpha value is -3.42. The number of rotatable bonds is 6. The highest BCUT2D eigenvalue weighted by Crippen LogP contribution is 2.38. The lowest BCUT2D eigenvalue weighted by atomic mass is 10.1. The van der Waals surface area contributed by atoms with Crippen LogP contribution in [0, 0.1) is 11.3 Å². The summed E-state index contributed by atoms with van der Waals surface area (Å²) in [6, 6.07) is 4.84. The summed E-state index contributed by atoms with van der Waals surface area (Å²) < 4.78 is 56.8. The Morgan fingerprint density at radius 1 is 1.24 bits per heavy atom. The lowest BCUT2D eigenvalue weighted by Gasteiger charge is -2.38. The van der Waals surface area contributed by atoms with Crippen LogP contribution < -0.4 is 9.62 Å². The number of hydrogen-bond donors (Lipinski definition) is 1. The van der Waals surface area contributed by atoms with E-state index in [1.165, 1.54) is 23.0 Å². The number of halogens is 2. The van der Waals surface area contributed by atoms with Gasteiger partial charge in [-0.1, -0.05) is 11.3 Å². The number of alkyl halides is 2. The van der Waals surface area contributed by atoms with Crippen LogP contribution >= 0.6 is 11.3 Å². The number of piperazine rings is 1. The monoisotopic (exact) mass is 549 g/mol. The van der Waals surface area contributed by atoms with Crippen LogP contribution in [0.5, 0.6) is 0 Å². The number of benzene rings is 1. The Bertz CT molecular complexity index is 1560. The first-order valence-electron chi connectivity index (χ1n) is 11.5. The third-order valence-corrected chi connectivity index (χ3v) is 9.34. The van der Waals surface area contributed by atoms with Crippen molar-refractivity contribution in [3.8, 4) is 11.2 Å². The third kappa shape index (κ3) is 3.97. The van der Waals surface area contributed by atoms with E-state index in [0.29, 0.717) is 66.9 Å². The topological polar surface area (TPSA) is 140 Å². The number of likely N-dealkylation sites (N-methyl/N-ethyl adjacent to an activating group) is 1. The number of nitrogens with zero attached hydrogens (tertiary/aromatic N) is 8. The molecule has 1 aromatic carbocycles. The largest absolute Gasteiger partial charge is 0.367 e. The highest BCUT2D eigenvalue weighted by atomic mass is 32.2. The molecule has 3 aromatic rings. The van der Waals surface area contributed by atoms with Crippen LogP contribution in [0.4, 0.5) is 19.3 Å². The molecule has 0 bridgehead atoms. The van der Waals surface area contributed by atoms with Crippen molar-refractivity contribution < 1.29 is 22.0 Å². The van der Waals surface area contributed by atoms with Crippen LogP contribution in [-0.2, 0) is 10.0 Å². The quantitative estimate of drug-likeness (QED) is 0.490. The number of urea groups is 1. The van der Waals surface area contributed by atoms with Crippen LogP contribution in [0.25, 0.3) is 16.0 Å². The van der Waals surface area contributed by atoms with Crippen molar-refractivity contribution in [2.75, 3.05) is 38.1 Å². The van der Waals surface area contributed by atoms with E-state index in [0.717, 1.165) is 0 Å². The molecule has 3 fully saturated rings. The number of fused-ring (bicyclic) bond motifs is 2. The summed E-state index contributed by atoms with van der Waals surface area (Å²) >= 11 is 0.662. The minimum Gasteiger partial charge on any atom is -0.367 e. The lowest BCUT2D eigenvalue weighted by Crippen LogP contribution is -2.52. The Kier molecular flexibility index (Phi) is 5.37. The van der Waals surface area contributed by atoms with Gasteiger partial charge in [0.05, 0.1) is 28.7 Å². The van der Waals surface area contributed by atoms with Gasteiger partial charge in [0.15, 0.2) is 5.01 Å². The van der Waals surface area contributed by atoms with Gasteiger partial charge in [0.2, 0.25) is 15.2 Å². The van der Waals surface area contributed by atoms with Crippen LogP contribution in [-0.4, -0.2) is 89.0 Å². The molecule has 1 N–H and O–H groups in total. The Morgan fingerprint density at radius 2 is 2.03 bits per heavy atom. The molecule has 37 heavy (non-hydrogen) atoms. The minimum atomic E-state index is -4.11. The summed E-state index contributed by atoms with van der Waals surface area (Å²) in [5, 5.41) is 21.3. The number of amides is 2. The van der Waals surface area contributed by atoms with Crippen molar-refractivity contribution in [1.82, 2.24) is 34.5 Å². The van der Waals surface area contributed by atoms with Crippen LogP contribution in [0.2, 0.25) is 0 Å². The molecule has 16 heteroatoms. The molecule has 4 heterocycles. The van der Waals surface area contributed by atoms with E-state index in [9.17, 15) is 27.3 Å². The van der Waals surface area contributed by atoms with Crippen molar-refractivity contribution in [2.45, 2.75) is 35.7 Å². The normalized spacial score (nSPS) is 21.1. The smallest absolute Gasteiger partial charge is 0.320 e. The Labute approximate surface area is 214 Å². The summed E-state index contributed by atoms with van der Waals surface area (Å²) in [7, 11) is -2.37. The molecule has 0 radical (unpaired) electrons. The fourth-order valence-corrected chi connectivity index (χ4v) is 6.91. The molecule has 3 aliphatic rings. The van der Waals surface area contributed by atoms with Crippen LogP contribution in [0.1, 0.15) is 24.3 Å². The summed E-state index contributed by atoms with van der Waals surface area (Å²) in [4.78, 5) is 17.8. The fraction of sp³-hybridized carbons (Fsp3) is 0.476. The summed E-state index contributed by atoms with van der Waals surface area (Å²) in [6.45, 7) is 1.95. The number of nitriles is 1. The maximum absolute atomic E-state index is 13.4. The average molecular weight is 550 g/mol. The van der Waals surface area contributed by atoms with Crippen molar-refractivity contribution in [3.63, 3.8) is 0 Å². The maximum atomic E-state index is 13.4. The first-order valence-corrected chi connectivity index (χ1v) is 13.8. The second-order valence-corrected chi connectivity index (χ2v) is 12.1. The second-order valence-electron chi connectivity index (χ2n) is 9.41. The number of anilines is 1. The molecule has 1 aliphatic carbocycles. The first kappa shape index (κ1) is 23.9. The molecule has 2 aromatic heterocycles. The van der Waals surface area contributed by atoms with Gasteiger partial charge in [-0.15, -0.1) is 10.2 Å². The van der Waals surface area contributed by atoms with Gasteiger partial charge in [-0.3, -0.25) is 0 Å². The number of nitrogens with one attached hydrogen (secondary N) is 1. The molecular formula is C21H21F2N9O3S2. The van der Waals surface area contributed by atoms with E-state index in [4.69, 9.17) is 0 Å². The van der Waals surface area contributed by atoms with Gasteiger partial charge in [0, 0.05) is 44.3 Å².